The van der Waals surface area contributed by atoms with E-state index in [0.29, 0.717) is 16.9 Å². The molecule has 10 nitrogen and oxygen atoms in total. The summed E-state index contributed by atoms with van der Waals surface area (Å²) in [7, 11) is -4.29. The average molecular weight is 659 g/mol. The van der Waals surface area contributed by atoms with Crippen LogP contribution in [0, 0.1) is 5.41 Å². The van der Waals surface area contributed by atoms with Crippen molar-refractivity contribution in [3.8, 4) is 5.75 Å². The minimum Gasteiger partial charge on any atom is -0.490 e. The molecule has 0 unspecified atom stereocenters. The van der Waals surface area contributed by atoms with Crippen LogP contribution in [0.2, 0.25) is 0 Å². The van der Waals surface area contributed by atoms with Crippen LogP contribution >= 0.6 is 24.8 Å². The molecule has 0 atom stereocenters. The lowest BCUT2D eigenvalue weighted by molar-refractivity contribution is -0.139. The van der Waals surface area contributed by atoms with Crippen molar-refractivity contribution in [1.29, 1.82) is 5.41 Å². The zero-order valence-electron chi connectivity index (χ0n) is 23.9. The number of aliphatic imine (C=N–C) groups is 1. The van der Waals surface area contributed by atoms with Gasteiger partial charge in [-0.2, -0.15) is 0 Å². The Hall–Kier alpha value is -3.35. The number of carbonyl (C=O) groups excluding carboxylic acids is 1. The third-order valence-corrected chi connectivity index (χ3v) is 8.46. The first-order chi connectivity index (χ1) is 19.6. The van der Waals surface area contributed by atoms with Crippen molar-refractivity contribution in [1.82, 2.24) is 4.90 Å². The molecule has 0 amide bonds. The summed E-state index contributed by atoms with van der Waals surface area (Å²) in [5, 5.41) is 7.58. The SMILES string of the molecule is CCOC(=O)CS(=O)(=O)N(C/C(F)=C\c1cccc(C(=N)N)c1)c1ccc(OC2CCN(C3=NCCC3)CC2)cc1.Cl.Cl. The normalized spacial score (nSPS) is 15.5. The second-order valence-electron chi connectivity index (χ2n) is 9.90. The highest BCUT2D eigenvalue weighted by Crippen LogP contribution is 2.27. The molecule has 3 N–H and O–H groups in total. The zero-order valence-corrected chi connectivity index (χ0v) is 26.4. The second kappa shape index (κ2) is 16.5. The number of halogens is 3. The number of carbonyl (C=O) groups is 1. The molecule has 4 rings (SSSR count). The molecule has 2 heterocycles. The van der Waals surface area contributed by atoms with E-state index in [-0.39, 0.29) is 49.0 Å². The topological polar surface area (TPSA) is 138 Å². The van der Waals surface area contributed by atoms with Gasteiger partial charge in [0.15, 0.2) is 5.75 Å². The first-order valence-corrected chi connectivity index (χ1v) is 15.3. The van der Waals surface area contributed by atoms with Gasteiger partial charge in [0, 0.05) is 44.5 Å². The first kappa shape index (κ1) is 35.8. The number of hydrogen-bond acceptors (Lipinski definition) is 8. The maximum Gasteiger partial charge on any atom is 0.323 e. The Morgan fingerprint density at radius 1 is 1.19 bits per heavy atom. The highest BCUT2D eigenvalue weighted by Gasteiger charge is 2.28. The van der Waals surface area contributed by atoms with Crippen molar-refractivity contribution in [2.75, 3.05) is 42.8 Å². The van der Waals surface area contributed by atoms with Crippen molar-refractivity contribution in [2.24, 2.45) is 10.7 Å². The minimum atomic E-state index is -4.29. The van der Waals surface area contributed by atoms with E-state index in [1.54, 1.807) is 37.3 Å². The Morgan fingerprint density at radius 3 is 2.49 bits per heavy atom. The van der Waals surface area contributed by atoms with E-state index in [0.717, 1.165) is 49.6 Å². The number of piperidine rings is 1. The molecule has 0 bridgehead atoms. The van der Waals surface area contributed by atoms with Crippen molar-refractivity contribution >= 4 is 64.2 Å². The Kier molecular flexibility index (Phi) is 13.7. The van der Waals surface area contributed by atoms with Crippen LogP contribution in [0.25, 0.3) is 6.08 Å². The molecular formula is C29H38Cl2FN5O5S. The lowest BCUT2D eigenvalue weighted by Gasteiger charge is -2.33. The van der Waals surface area contributed by atoms with Crippen LogP contribution in [-0.4, -0.2) is 75.6 Å². The number of amidine groups is 2. The number of benzene rings is 2. The van der Waals surface area contributed by atoms with Gasteiger partial charge in [-0.15, -0.1) is 24.8 Å². The Balaban J connectivity index is 0.00000323. The van der Waals surface area contributed by atoms with E-state index in [9.17, 15) is 13.2 Å². The first-order valence-electron chi connectivity index (χ1n) is 13.7. The van der Waals surface area contributed by atoms with Gasteiger partial charge >= 0.3 is 5.97 Å². The van der Waals surface area contributed by atoms with Gasteiger partial charge in [-0.25, -0.2) is 12.8 Å². The third-order valence-electron chi connectivity index (χ3n) is 6.84. The monoisotopic (exact) mass is 657 g/mol. The summed E-state index contributed by atoms with van der Waals surface area (Å²) in [6, 6.07) is 12.7. The van der Waals surface area contributed by atoms with Gasteiger partial charge in [0.1, 0.15) is 23.5 Å². The molecular weight excluding hydrogens is 620 g/mol. The van der Waals surface area contributed by atoms with E-state index >= 15 is 4.39 Å². The molecule has 0 spiro atoms. The van der Waals surface area contributed by atoms with Gasteiger partial charge in [0.05, 0.1) is 24.7 Å². The largest absolute Gasteiger partial charge is 0.490 e. The molecule has 2 aromatic carbocycles. The third kappa shape index (κ3) is 10.1. The minimum absolute atomic E-state index is 0. The smallest absolute Gasteiger partial charge is 0.323 e. The lowest BCUT2D eigenvalue weighted by Crippen LogP contribution is -2.41. The molecule has 2 aromatic rings. The van der Waals surface area contributed by atoms with Gasteiger partial charge in [-0.05, 0) is 55.3 Å². The van der Waals surface area contributed by atoms with E-state index < -0.39 is 34.1 Å². The number of nitrogens with two attached hydrogens (primary N) is 1. The molecule has 2 aliphatic heterocycles. The molecule has 0 aliphatic carbocycles. The van der Waals surface area contributed by atoms with Crippen molar-refractivity contribution < 1.29 is 27.1 Å². The molecule has 0 aromatic heterocycles. The molecule has 0 saturated carbocycles. The Morgan fingerprint density at radius 2 is 1.88 bits per heavy atom. The van der Waals surface area contributed by atoms with Crippen LogP contribution in [0.4, 0.5) is 10.1 Å². The fourth-order valence-electron chi connectivity index (χ4n) is 4.84. The number of anilines is 1. The van der Waals surface area contributed by atoms with Gasteiger partial charge in [-0.1, -0.05) is 18.2 Å². The Bertz CT molecular complexity index is 1410. The van der Waals surface area contributed by atoms with Gasteiger partial charge in [-0.3, -0.25) is 19.5 Å². The van der Waals surface area contributed by atoms with Crippen LogP contribution in [0.5, 0.6) is 5.75 Å². The van der Waals surface area contributed by atoms with E-state index in [4.69, 9.17) is 20.6 Å². The molecule has 43 heavy (non-hydrogen) atoms. The lowest BCUT2D eigenvalue weighted by atomic mass is 10.1. The molecule has 0 radical (unpaired) electrons. The number of nitrogen functional groups attached to an aromatic ring is 1. The molecule has 1 fully saturated rings. The summed E-state index contributed by atoms with van der Waals surface area (Å²) in [6.45, 7) is 3.61. The quantitative estimate of drug-likeness (QED) is 0.205. The van der Waals surface area contributed by atoms with Crippen LogP contribution in [0.3, 0.4) is 0 Å². The number of ether oxygens (including phenoxy) is 2. The molecule has 2 aliphatic rings. The van der Waals surface area contributed by atoms with Gasteiger partial charge in [0.2, 0.25) is 10.0 Å². The summed E-state index contributed by atoms with van der Waals surface area (Å²) in [5.74, 6) is -1.04. The summed E-state index contributed by atoms with van der Waals surface area (Å²) in [5.41, 5.74) is 6.52. The van der Waals surface area contributed by atoms with E-state index in [1.165, 1.54) is 30.1 Å². The van der Waals surface area contributed by atoms with Crippen LogP contribution in [0.15, 0.2) is 59.4 Å². The van der Waals surface area contributed by atoms with E-state index in [2.05, 4.69) is 9.89 Å². The summed E-state index contributed by atoms with van der Waals surface area (Å²) < 4.78 is 53.5. The van der Waals surface area contributed by atoms with Gasteiger partial charge < -0.3 is 20.1 Å². The van der Waals surface area contributed by atoms with Crippen LogP contribution < -0.4 is 14.8 Å². The average Bonchev–Trinajstić information content (AvgIpc) is 3.48. The summed E-state index contributed by atoms with van der Waals surface area (Å²) in [6.07, 6.45) is 5.03. The highest BCUT2D eigenvalue weighted by atomic mass is 35.5. The van der Waals surface area contributed by atoms with Crippen molar-refractivity contribution in [3.05, 3.63) is 65.5 Å². The highest BCUT2D eigenvalue weighted by molar-refractivity contribution is 7.93. The number of sulfonamides is 1. The summed E-state index contributed by atoms with van der Waals surface area (Å²) >= 11 is 0. The van der Waals surface area contributed by atoms with Gasteiger partial charge in [0.25, 0.3) is 0 Å². The summed E-state index contributed by atoms with van der Waals surface area (Å²) in [4.78, 5) is 18.9. The number of nitrogens with one attached hydrogen (secondary N) is 1. The molecule has 14 heteroatoms. The van der Waals surface area contributed by atoms with Crippen LogP contribution in [-0.2, 0) is 19.6 Å². The zero-order chi connectivity index (χ0) is 29.4. The standard InChI is InChI=1S/C29H36FN5O5S.2ClH/c1-2-39-28(36)20-41(37,38)35(19-23(30)18-21-5-3-6-22(17-21)29(31)32)24-8-10-25(11-9-24)40-26-12-15-34(16-13-26)27-7-4-14-33-27;;/h3,5-6,8-11,17-18,26H,2,4,7,12-16,19-20H2,1H3,(H3,31,32);2*1H/b23-18+;;. The number of rotatable bonds is 11. The number of likely N-dealkylation sites (tertiary alicyclic amines) is 1. The predicted octanol–water partition coefficient (Wildman–Crippen LogP) is 4.56. The number of hydrogen-bond donors (Lipinski definition) is 2. The Labute approximate surface area is 264 Å². The van der Waals surface area contributed by atoms with Crippen molar-refractivity contribution in [2.45, 2.75) is 38.7 Å². The fourth-order valence-corrected chi connectivity index (χ4v) is 6.14. The second-order valence-corrected chi connectivity index (χ2v) is 11.8. The molecule has 236 valence electrons. The van der Waals surface area contributed by atoms with E-state index in [1.807, 2.05) is 0 Å². The van der Waals surface area contributed by atoms with Crippen LogP contribution in [0.1, 0.15) is 43.7 Å². The number of nitrogens with zero attached hydrogens (tertiary/aromatic N) is 3. The number of esters is 1. The predicted molar refractivity (Wildman–Crippen MR) is 172 cm³/mol. The van der Waals surface area contributed by atoms with Crippen molar-refractivity contribution in [3.63, 3.8) is 0 Å². The maximum absolute atomic E-state index is 15.2. The maximum atomic E-state index is 15.2. The molecule has 1 saturated heterocycles. The fraction of sp³-hybridized carbons (Fsp3) is 0.414.